The summed E-state index contributed by atoms with van der Waals surface area (Å²) in [5.74, 6) is -0.225. The van der Waals surface area contributed by atoms with E-state index in [2.05, 4.69) is 5.23 Å². The van der Waals surface area contributed by atoms with Crippen LogP contribution in [-0.4, -0.2) is 56.9 Å². The molecule has 0 aromatic carbocycles. The molecule has 0 aliphatic heterocycles. The highest BCUT2D eigenvalue weighted by molar-refractivity contribution is 7.60. The molecule has 0 rings (SSSR count). The van der Waals surface area contributed by atoms with Crippen molar-refractivity contribution in [1.29, 1.82) is 0 Å². The van der Waals surface area contributed by atoms with Crippen LogP contribution in [0.15, 0.2) is 0 Å². The van der Waals surface area contributed by atoms with E-state index in [4.69, 9.17) is 14.0 Å². The topological polar surface area (TPSA) is 90.9 Å². The minimum Gasteiger partial charge on any atom is -0.343 e. The van der Waals surface area contributed by atoms with Crippen molar-refractivity contribution in [2.24, 2.45) is 0 Å². The number of rotatable bonds is 13. The van der Waals surface area contributed by atoms with E-state index in [1.165, 1.54) is 6.92 Å². The highest BCUT2D eigenvalue weighted by Crippen LogP contribution is 2.60. The van der Waals surface area contributed by atoms with Crippen LogP contribution < -0.4 is 5.23 Å². The van der Waals surface area contributed by atoms with Gasteiger partial charge in [-0.1, -0.05) is 0 Å². The van der Waals surface area contributed by atoms with Crippen molar-refractivity contribution in [2.45, 2.75) is 46.2 Å². The van der Waals surface area contributed by atoms with E-state index in [1.807, 2.05) is 0 Å². The number of hydrogen-bond acceptors (Lipinski definition) is 7. The fourth-order valence-corrected chi connectivity index (χ4v) is 4.69. The fraction of sp³-hybridized carbons (Fsp3) is 0.846. The predicted octanol–water partition coefficient (Wildman–Crippen LogP) is 1.14. The number of carbonyl (C=O) groups excluding carboxylic acids is 2. The first kappa shape index (κ1) is 21.5. The maximum Gasteiger partial charge on any atom is 0.278 e. The summed E-state index contributed by atoms with van der Waals surface area (Å²) in [5, 5.41) is 2.76. The normalized spacial score (nSPS) is 15.9. The summed E-state index contributed by atoms with van der Waals surface area (Å²) < 4.78 is 29.9. The standard InChI is InChI=1S/C13H27BNO6P/c1-6-19-13(5,20-7-2)22(18,21-8-3)9-12(11(4)17)15-14-10-16/h10,12,14-15H,6-9H2,1-5H3/t12-,22?/m0/s1. The minimum atomic E-state index is -3.47. The van der Waals surface area contributed by atoms with Crippen molar-refractivity contribution in [1.82, 2.24) is 5.23 Å². The van der Waals surface area contributed by atoms with Crippen molar-refractivity contribution in [2.75, 3.05) is 26.0 Å². The quantitative estimate of drug-likeness (QED) is 0.234. The van der Waals surface area contributed by atoms with E-state index in [0.29, 0.717) is 19.4 Å². The van der Waals surface area contributed by atoms with Crippen molar-refractivity contribution >= 4 is 26.8 Å². The van der Waals surface area contributed by atoms with Crippen LogP contribution in [0.5, 0.6) is 0 Å². The second-order valence-corrected chi connectivity index (χ2v) is 7.56. The lowest BCUT2D eigenvalue weighted by atomic mass is 9.96. The van der Waals surface area contributed by atoms with Gasteiger partial charge in [0.05, 0.1) is 25.0 Å². The number of nitrogens with one attached hydrogen (secondary N) is 1. The molecule has 22 heavy (non-hydrogen) atoms. The van der Waals surface area contributed by atoms with Crippen LogP contribution in [0.1, 0.15) is 34.6 Å². The van der Waals surface area contributed by atoms with Crippen LogP contribution in [0.3, 0.4) is 0 Å². The molecule has 0 aromatic rings. The lowest BCUT2D eigenvalue weighted by molar-refractivity contribution is -0.168. The third kappa shape index (κ3) is 5.93. The Hall–Kier alpha value is -0.525. The van der Waals surface area contributed by atoms with Gasteiger partial charge in [-0.3, -0.25) is 9.36 Å². The Morgan fingerprint density at radius 1 is 1.27 bits per heavy atom. The molecule has 0 fully saturated rings. The number of ketones is 1. The summed E-state index contributed by atoms with van der Waals surface area (Å²) in [6.07, 6.45) is 0.548. The molecule has 0 spiro atoms. The zero-order valence-corrected chi connectivity index (χ0v) is 15.0. The van der Waals surface area contributed by atoms with Gasteiger partial charge in [-0.2, -0.15) is 0 Å². The van der Waals surface area contributed by atoms with Crippen LogP contribution >= 0.6 is 7.37 Å². The number of Topliss-reactive ketones (excluding diaryl/α,β-unsaturated/α-hetero) is 1. The van der Waals surface area contributed by atoms with E-state index < -0.39 is 18.9 Å². The highest BCUT2D eigenvalue weighted by Gasteiger charge is 2.49. The summed E-state index contributed by atoms with van der Waals surface area (Å²) in [5.41, 5.74) is -1.43. The largest absolute Gasteiger partial charge is 0.343 e. The van der Waals surface area contributed by atoms with E-state index in [0.717, 1.165) is 0 Å². The third-order valence-corrected chi connectivity index (χ3v) is 6.16. The average Bonchev–Trinajstić information content (AvgIpc) is 2.43. The summed E-state index contributed by atoms with van der Waals surface area (Å²) in [4.78, 5) is 22.2. The van der Waals surface area contributed by atoms with Gasteiger partial charge in [-0.05, 0) is 34.6 Å². The molecule has 128 valence electrons. The molecule has 0 heterocycles. The van der Waals surface area contributed by atoms with Gasteiger partial charge in [0.1, 0.15) is 5.78 Å². The molecule has 0 aromatic heterocycles. The first-order chi connectivity index (χ1) is 10.3. The number of hydrogen-bond donors (Lipinski definition) is 1. The number of ether oxygens (including phenoxy) is 2. The summed E-state index contributed by atoms with van der Waals surface area (Å²) in [7, 11) is -3.47. The van der Waals surface area contributed by atoms with Gasteiger partial charge in [0.2, 0.25) is 5.53 Å². The second-order valence-electron chi connectivity index (χ2n) is 4.78. The molecular weight excluding hydrogens is 308 g/mol. The smallest absolute Gasteiger partial charge is 0.278 e. The molecule has 0 radical (unpaired) electrons. The third-order valence-electron chi connectivity index (χ3n) is 3.14. The number of carbonyl (C=O) groups is 2. The van der Waals surface area contributed by atoms with Crippen LogP contribution in [0.4, 0.5) is 0 Å². The molecule has 0 bridgehead atoms. The van der Waals surface area contributed by atoms with Gasteiger partial charge < -0.3 is 24.0 Å². The van der Waals surface area contributed by atoms with E-state index >= 15 is 0 Å². The second kappa shape index (κ2) is 10.3. The Bertz CT molecular complexity index is 400. The molecule has 0 aliphatic rings. The zero-order valence-electron chi connectivity index (χ0n) is 14.1. The predicted molar refractivity (Wildman–Crippen MR) is 87.3 cm³/mol. The summed E-state index contributed by atoms with van der Waals surface area (Å²) in [6.45, 7) is 8.96. The molecule has 9 heteroatoms. The zero-order chi connectivity index (χ0) is 17.2. The van der Waals surface area contributed by atoms with Gasteiger partial charge in [0, 0.05) is 13.2 Å². The maximum absolute atomic E-state index is 13.3. The van der Waals surface area contributed by atoms with Crippen LogP contribution in [0, 0.1) is 0 Å². The van der Waals surface area contributed by atoms with Gasteiger partial charge in [-0.25, -0.2) is 0 Å². The fourth-order valence-electron chi connectivity index (χ4n) is 2.09. The van der Waals surface area contributed by atoms with E-state index in [1.54, 1.807) is 27.7 Å². The molecular formula is C13H27BNO6P. The Labute approximate surface area is 133 Å². The van der Waals surface area contributed by atoms with Crippen LogP contribution in [-0.2, 0) is 28.2 Å². The minimum absolute atomic E-state index is 0.00362. The molecule has 1 N–H and O–H groups in total. The van der Waals surface area contributed by atoms with Gasteiger partial charge in [0.15, 0.2) is 0 Å². The van der Waals surface area contributed by atoms with E-state index in [9.17, 15) is 14.2 Å². The van der Waals surface area contributed by atoms with Crippen molar-refractivity contribution in [3.8, 4) is 0 Å². The molecule has 0 aliphatic carbocycles. The first-order valence-corrected chi connectivity index (χ1v) is 9.30. The lowest BCUT2D eigenvalue weighted by Gasteiger charge is -2.37. The molecule has 0 amide bonds. The first-order valence-electron chi connectivity index (χ1n) is 7.49. The summed E-state index contributed by atoms with van der Waals surface area (Å²) >= 11 is 0. The Balaban J connectivity index is 5.46. The van der Waals surface area contributed by atoms with Crippen molar-refractivity contribution < 1.29 is 28.2 Å². The van der Waals surface area contributed by atoms with Gasteiger partial charge in [0.25, 0.3) is 14.8 Å². The van der Waals surface area contributed by atoms with Gasteiger partial charge in [-0.15, -0.1) is 0 Å². The summed E-state index contributed by atoms with van der Waals surface area (Å²) in [6, 6.07) is -0.761. The highest BCUT2D eigenvalue weighted by atomic mass is 31.2. The molecule has 0 saturated carbocycles. The Morgan fingerprint density at radius 3 is 2.18 bits per heavy atom. The average molecular weight is 335 g/mol. The Kier molecular flexibility index (Phi) is 10.0. The van der Waals surface area contributed by atoms with E-state index in [-0.39, 0.29) is 26.0 Å². The maximum atomic E-state index is 13.3. The monoisotopic (exact) mass is 335 g/mol. The van der Waals surface area contributed by atoms with Crippen LogP contribution in [0.25, 0.3) is 0 Å². The lowest BCUT2D eigenvalue weighted by Crippen LogP contribution is -2.45. The van der Waals surface area contributed by atoms with Crippen molar-refractivity contribution in [3.05, 3.63) is 0 Å². The molecule has 7 nitrogen and oxygen atoms in total. The molecule has 1 unspecified atom stereocenters. The Morgan fingerprint density at radius 2 is 1.82 bits per heavy atom. The van der Waals surface area contributed by atoms with Crippen LogP contribution in [0.2, 0.25) is 0 Å². The molecule has 2 atom stereocenters. The SMILES string of the molecule is CCOC(C)(OCC)P(=O)(C[C@H](NBC=O)C(C)=O)OCC. The van der Waals surface area contributed by atoms with Crippen molar-refractivity contribution in [3.63, 3.8) is 0 Å². The molecule has 0 saturated heterocycles. The van der Waals surface area contributed by atoms with Gasteiger partial charge >= 0.3 is 0 Å².